The summed E-state index contributed by atoms with van der Waals surface area (Å²) in [5.74, 6) is 0. The quantitative estimate of drug-likeness (QED) is 0.461. The van der Waals surface area contributed by atoms with E-state index in [4.69, 9.17) is 9.47 Å². The van der Waals surface area contributed by atoms with Gasteiger partial charge in [0, 0.05) is 0 Å². The van der Waals surface area contributed by atoms with Gasteiger partial charge in [0.05, 0.1) is 0 Å². The Morgan fingerprint density at radius 2 is 1.22 bits per heavy atom. The summed E-state index contributed by atoms with van der Waals surface area (Å²) in [6.07, 6.45) is 8.20. The fourth-order valence-electron chi connectivity index (χ4n) is 2.66. The van der Waals surface area contributed by atoms with Crippen molar-refractivity contribution < 1.29 is 14.3 Å². The van der Waals surface area contributed by atoms with E-state index in [1.54, 1.807) is 0 Å². The third kappa shape index (κ3) is 3.39. The van der Waals surface area contributed by atoms with E-state index in [2.05, 4.69) is 13.8 Å². The molecule has 0 spiro atoms. The van der Waals surface area contributed by atoms with Crippen LogP contribution in [-0.2, 0) is 9.47 Å². The zero-order valence-electron chi connectivity index (χ0n) is 12.4. The number of carbonyl (C=O) groups is 1. The summed E-state index contributed by atoms with van der Waals surface area (Å²) in [5.41, 5.74) is -0.903. The number of cyclic esters (lactones) is 2. The molecule has 2 atom stereocenters. The monoisotopic (exact) mass is 256 g/mol. The fraction of sp³-hybridized carbons (Fsp3) is 0.933. The molecule has 1 aliphatic rings. The lowest BCUT2D eigenvalue weighted by atomic mass is 9.78. The van der Waals surface area contributed by atoms with Crippen LogP contribution in [0.25, 0.3) is 0 Å². The molecule has 3 heteroatoms. The number of rotatable bonds is 8. The Morgan fingerprint density at radius 3 is 1.56 bits per heavy atom. The van der Waals surface area contributed by atoms with E-state index in [1.807, 2.05) is 13.8 Å². The number of unbranched alkanes of at least 4 members (excludes halogenated alkanes) is 4. The molecule has 0 aliphatic carbocycles. The highest BCUT2D eigenvalue weighted by molar-refractivity contribution is 5.64. The van der Waals surface area contributed by atoms with Gasteiger partial charge in [-0.25, -0.2) is 4.79 Å². The third-order valence-electron chi connectivity index (χ3n) is 4.25. The van der Waals surface area contributed by atoms with Gasteiger partial charge in [-0.1, -0.05) is 39.5 Å². The molecule has 0 saturated carbocycles. The second-order valence-corrected chi connectivity index (χ2v) is 5.83. The predicted molar refractivity (Wildman–Crippen MR) is 72.7 cm³/mol. The second kappa shape index (κ2) is 6.44. The second-order valence-electron chi connectivity index (χ2n) is 5.83. The highest BCUT2D eigenvalue weighted by atomic mass is 16.8. The summed E-state index contributed by atoms with van der Waals surface area (Å²) in [6.45, 7) is 8.42. The maximum Gasteiger partial charge on any atom is 0.509 e. The van der Waals surface area contributed by atoms with E-state index < -0.39 is 17.4 Å². The molecular formula is C15H28O3. The highest BCUT2D eigenvalue weighted by Gasteiger charge is 2.56. The molecule has 106 valence electrons. The molecule has 0 N–H and O–H groups in total. The Morgan fingerprint density at radius 1 is 0.833 bits per heavy atom. The molecule has 18 heavy (non-hydrogen) atoms. The predicted octanol–water partition coefficient (Wildman–Crippen LogP) is 4.83. The third-order valence-corrected chi connectivity index (χ3v) is 4.25. The molecular weight excluding hydrogens is 228 g/mol. The van der Waals surface area contributed by atoms with Gasteiger partial charge < -0.3 is 9.47 Å². The van der Waals surface area contributed by atoms with Crippen molar-refractivity contribution in [1.29, 1.82) is 0 Å². The normalized spacial score (nSPS) is 31.2. The minimum atomic E-state index is -0.493. The van der Waals surface area contributed by atoms with Crippen molar-refractivity contribution in [2.75, 3.05) is 0 Å². The van der Waals surface area contributed by atoms with Gasteiger partial charge in [0.25, 0.3) is 0 Å². The van der Waals surface area contributed by atoms with Crippen LogP contribution in [0.5, 0.6) is 0 Å². The van der Waals surface area contributed by atoms with Crippen LogP contribution < -0.4 is 0 Å². The Labute approximate surface area is 111 Å². The molecule has 1 aliphatic heterocycles. The van der Waals surface area contributed by atoms with Crippen LogP contribution in [0.15, 0.2) is 0 Å². The van der Waals surface area contributed by atoms with Crippen molar-refractivity contribution in [2.45, 2.75) is 90.3 Å². The van der Waals surface area contributed by atoms with Crippen LogP contribution in [0, 0.1) is 0 Å². The van der Waals surface area contributed by atoms with Crippen LogP contribution in [0.4, 0.5) is 4.79 Å². The molecule has 0 radical (unpaired) electrons. The minimum absolute atomic E-state index is 0.451. The van der Waals surface area contributed by atoms with Crippen LogP contribution in [0.1, 0.15) is 79.1 Å². The van der Waals surface area contributed by atoms with Crippen molar-refractivity contribution in [3.63, 3.8) is 0 Å². The van der Waals surface area contributed by atoms with E-state index in [0.29, 0.717) is 0 Å². The zero-order chi connectivity index (χ0) is 13.6. The standard InChI is InChI=1S/C15H28O3/c1-5-7-9-11-14(3)15(4,12-10-8-6-2)18-13(16)17-14/h5-12H2,1-4H3/t14-,15+. The van der Waals surface area contributed by atoms with E-state index in [-0.39, 0.29) is 0 Å². The largest absolute Gasteiger partial charge is 0.509 e. The molecule has 1 rings (SSSR count). The average molecular weight is 256 g/mol. The van der Waals surface area contributed by atoms with Gasteiger partial charge in [-0.2, -0.15) is 0 Å². The van der Waals surface area contributed by atoms with Crippen molar-refractivity contribution in [3.05, 3.63) is 0 Å². The molecule has 3 nitrogen and oxygen atoms in total. The highest BCUT2D eigenvalue weighted by Crippen LogP contribution is 2.43. The first-order valence-electron chi connectivity index (χ1n) is 7.39. The topological polar surface area (TPSA) is 35.5 Å². The number of hydrogen-bond donors (Lipinski definition) is 0. The minimum Gasteiger partial charge on any atom is -0.424 e. The number of hydrogen-bond acceptors (Lipinski definition) is 3. The lowest BCUT2D eigenvalue weighted by molar-refractivity contribution is -0.0375. The molecule has 1 heterocycles. The molecule has 1 fully saturated rings. The van der Waals surface area contributed by atoms with Crippen molar-refractivity contribution in [3.8, 4) is 0 Å². The van der Waals surface area contributed by atoms with Crippen LogP contribution in [0.2, 0.25) is 0 Å². The molecule has 0 unspecified atom stereocenters. The van der Waals surface area contributed by atoms with Crippen molar-refractivity contribution >= 4 is 6.16 Å². The van der Waals surface area contributed by atoms with Crippen LogP contribution in [-0.4, -0.2) is 17.4 Å². The SMILES string of the molecule is CCCCC[C@@]1(C)OC(=O)O[C@@]1(C)CCCCC. The lowest BCUT2D eigenvalue weighted by Crippen LogP contribution is -2.47. The first-order valence-corrected chi connectivity index (χ1v) is 7.39. The Kier molecular flexibility index (Phi) is 5.48. The average Bonchev–Trinajstić information content (AvgIpc) is 2.50. The van der Waals surface area contributed by atoms with E-state index >= 15 is 0 Å². The molecule has 0 aromatic rings. The van der Waals surface area contributed by atoms with Gasteiger partial charge in [0.2, 0.25) is 0 Å². The maximum absolute atomic E-state index is 11.5. The summed E-state index contributed by atoms with van der Waals surface area (Å²) in [5, 5.41) is 0. The lowest BCUT2D eigenvalue weighted by Gasteiger charge is -2.36. The molecule has 0 amide bonds. The van der Waals surface area contributed by atoms with Gasteiger partial charge in [-0.15, -0.1) is 0 Å². The Hall–Kier alpha value is -0.730. The fourth-order valence-corrected chi connectivity index (χ4v) is 2.66. The van der Waals surface area contributed by atoms with Gasteiger partial charge in [0.1, 0.15) is 0 Å². The van der Waals surface area contributed by atoms with Crippen molar-refractivity contribution in [1.82, 2.24) is 0 Å². The van der Waals surface area contributed by atoms with E-state index in [9.17, 15) is 4.79 Å². The smallest absolute Gasteiger partial charge is 0.424 e. The summed E-state index contributed by atoms with van der Waals surface area (Å²) in [4.78, 5) is 11.5. The van der Waals surface area contributed by atoms with Gasteiger partial charge in [-0.3, -0.25) is 0 Å². The summed E-state index contributed by atoms with van der Waals surface area (Å²) in [7, 11) is 0. The first kappa shape index (κ1) is 15.3. The number of ether oxygens (including phenoxy) is 2. The van der Waals surface area contributed by atoms with E-state index in [1.165, 1.54) is 25.7 Å². The van der Waals surface area contributed by atoms with Crippen LogP contribution >= 0.6 is 0 Å². The summed E-state index contributed by atoms with van der Waals surface area (Å²) >= 11 is 0. The number of carbonyl (C=O) groups excluding carboxylic acids is 1. The first-order chi connectivity index (χ1) is 8.47. The molecule has 1 saturated heterocycles. The zero-order valence-corrected chi connectivity index (χ0v) is 12.4. The molecule has 0 aromatic carbocycles. The maximum atomic E-state index is 11.5. The van der Waals surface area contributed by atoms with Gasteiger partial charge >= 0.3 is 6.16 Å². The van der Waals surface area contributed by atoms with Gasteiger partial charge in [-0.05, 0) is 39.5 Å². The van der Waals surface area contributed by atoms with E-state index in [0.717, 1.165) is 25.7 Å². The summed E-state index contributed by atoms with van der Waals surface area (Å²) in [6, 6.07) is 0. The summed E-state index contributed by atoms with van der Waals surface area (Å²) < 4.78 is 11.0. The molecule has 0 bridgehead atoms. The van der Waals surface area contributed by atoms with Gasteiger partial charge in [0.15, 0.2) is 11.2 Å². The molecule has 0 aromatic heterocycles. The van der Waals surface area contributed by atoms with Crippen molar-refractivity contribution in [2.24, 2.45) is 0 Å². The Bertz CT molecular complexity index is 251. The van der Waals surface area contributed by atoms with Crippen LogP contribution in [0.3, 0.4) is 0 Å². The Balaban J connectivity index is 2.63.